The second-order valence-electron chi connectivity index (χ2n) is 6.92. The van der Waals surface area contributed by atoms with E-state index in [1.54, 1.807) is 4.68 Å². The Morgan fingerprint density at radius 3 is 2.45 bits per heavy atom. The van der Waals surface area contributed by atoms with Gasteiger partial charge < -0.3 is 5.73 Å². The normalized spacial score (nSPS) is 11.0. The maximum Gasteiger partial charge on any atom is 0.166 e. The fraction of sp³-hybridized carbons (Fsp3) is 0.0417. The van der Waals surface area contributed by atoms with Gasteiger partial charge in [-0.15, -0.1) is 0 Å². The molecule has 0 aliphatic heterocycles. The number of fused-ring (bicyclic) bond motifs is 2. The van der Waals surface area contributed by atoms with Crippen LogP contribution in [0, 0.1) is 18.3 Å². The van der Waals surface area contributed by atoms with Crippen molar-refractivity contribution in [3.63, 3.8) is 0 Å². The number of anilines is 1. The molecule has 5 nitrogen and oxygen atoms in total. The van der Waals surface area contributed by atoms with Crippen molar-refractivity contribution >= 4 is 27.6 Å². The minimum absolute atomic E-state index is 0.208. The van der Waals surface area contributed by atoms with E-state index in [0.717, 1.165) is 38.7 Å². The lowest BCUT2D eigenvalue weighted by atomic mass is 9.93. The van der Waals surface area contributed by atoms with Crippen LogP contribution in [0.5, 0.6) is 0 Å². The van der Waals surface area contributed by atoms with Crippen LogP contribution >= 0.6 is 0 Å². The summed E-state index contributed by atoms with van der Waals surface area (Å²) in [5.74, 6) is 0.208. The van der Waals surface area contributed by atoms with Gasteiger partial charge in [0.15, 0.2) is 5.65 Å². The van der Waals surface area contributed by atoms with Crippen molar-refractivity contribution in [2.24, 2.45) is 0 Å². The molecule has 0 fully saturated rings. The molecule has 0 aliphatic rings. The Kier molecular flexibility index (Phi) is 3.78. The Morgan fingerprint density at radius 2 is 1.66 bits per heavy atom. The minimum atomic E-state index is 0.208. The highest BCUT2D eigenvalue weighted by Crippen LogP contribution is 2.39. The van der Waals surface area contributed by atoms with Crippen molar-refractivity contribution < 1.29 is 0 Å². The van der Waals surface area contributed by atoms with E-state index in [1.807, 2.05) is 61.5 Å². The standard InChI is InChI=1S/C24H17N5/c1-15-21-22(19-13-7-9-16-8-5-6-12-18(16)19)20(14-25)23(26)27-24(21)29(28-15)17-10-3-2-4-11-17/h2-13H,1H3,(H2,26,27). The highest BCUT2D eigenvalue weighted by atomic mass is 15.3. The number of nitriles is 1. The van der Waals surface area contributed by atoms with E-state index in [1.165, 1.54) is 0 Å². The predicted octanol–water partition coefficient (Wildman–Crippen LogP) is 5.00. The monoisotopic (exact) mass is 375 g/mol. The highest BCUT2D eigenvalue weighted by Gasteiger charge is 2.22. The second-order valence-corrected chi connectivity index (χ2v) is 6.92. The van der Waals surface area contributed by atoms with Gasteiger partial charge in [-0.3, -0.25) is 0 Å². The van der Waals surface area contributed by atoms with E-state index in [4.69, 9.17) is 10.8 Å². The van der Waals surface area contributed by atoms with E-state index in [-0.39, 0.29) is 5.82 Å². The minimum Gasteiger partial charge on any atom is -0.383 e. The van der Waals surface area contributed by atoms with Crippen LogP contribution in [-0.4, -0.2) is 14.8 Å². The maximum atomic E-state index is 9.91. The summed E-state index contributed by atoms with van der Waals surface area (Å²) in [5, 5.41) is 17.6. The van der Waals surface area contributed by atoms with Gasteiger partial charge in [0.2, 0.25) is 0 Å². The number of benzene rings is 3. The lowest BCUT2D eigenvalue weighted by Crippen LogP contribution is -2.02. The van der Waals surface area contributed by atoms with Crippen molar-refractivity contribution in [2.75, 3.05) is 5.73 Å². The number of para-hydroxylation sites is 1. The molecule has 5 heteroatoms. The largest absolute Gasteiger partial charge is 0.383 e. The van der Waals surface area contributed by atoms with Crippen LogP contribution in [0.15, 0.2) is 72.8 Å². The summed E-state index contributed by atoms with van der Waals surface area (Å²) in [5.41, 5.74) is 10.7. The Hall–Kier alpha value is -4.17. The lowest BCUT2D eigenvalue weighted by Gasteiger charge is -2.12. The molecule has 5 aromatic rings. The first-order valence-electron chi connectivity index (χ1n) is 9.31. The molecule has 138 valence electrons. The van der Waals surface area contributed by atoms with Gasteiger partial charge in [0.1, 0.15) is 17.5 Å². The van der Waals surface area contributed by atoms with Crippen LogP contribution in [0.2, 0.25) is 0 Å². The Labute approximate surface area is 167 Å². The van der Waals surface area contributed by atoms with Crippen molar-refractivity contribution in [3.05, 3.63) is 84.1 Å². The summed E-state index contributed by atoms with van der Waals surface area (Å²) >= 11 is 0. The quantitative estimate of drug-likeness (QED) is 0.471. The number of nitrogens with two attached hydrogens (primary N) is 1. The smallest absolute Gasteiger partial charge is 0.166 e. The maximum absolute atomic E-state index is 9.91. The SMILES string of the molecule is Cc1nn(-c2ccccc2)c2nc(N)c(C#N)c(-c3cccc4ccccc34)c12. The average molecular weight is 375 g/mol. The number of hydrogen-bond acceptors (Lipinski definition) is 4. The predicted molar refractivity (Wildman–Crippen MR) is 116 cm³/mol. The summed E-state index contributed by atoms with van der Waals surface area (Å²) in [4.78, 5) is 4.57. The molecule has 2 aromatic heterocycles. The third kappa shape index (κ3) is 2.54. The summed E-state index contributed by atoms with van der Waals surface area (Å²) in [6, 6.07) is 26.3. The Morgan fingerprint density at radius 1 is 0.931 bits per heavy atom. The summed E-state index contributed by atoms with van der Waals surface area (Å²) < 4.78 is 1.79. The van der Waals surface area contributed by atoms with E-state index in [2.05, 4.69) is 29.3 Å². The second kappa shape index (κ2) is 6.47. The van der Waals surface area contributed by atoms with Crippen molar-refractivity contribution in [1.29, 1.82) is 5.26 Å². The molecule has 0 aliphatic carbocycles. The highest BCUT2D eigenvalue weighted by molar-refractivity contribution is 6.08. The van der Waals surface area contributed by atoms with E-state index < -0.39 is 0 Å². The van der Waals surface area contributed by atoms with E-state index in [9.17, 15) is 5.26 Å². The van der Waals surface area contributed by atoms with Gasteiger partial charge in [0.05, 0.1) is 16.8 Å². The van der Waals surface area contributed by atoms with Crippen LogP contribution in [-0.2, 0) is 0 Å². The third-order valence-corrected chi connectivity index (χ3v) is 5.19. The van der Waals surface area contributed by atoms with Gasteiger partial charge in [-0.1, -0.05) is 60.7 Å². The lowest BCUT2D eigenvalue weighted by molar-refractivity contribution is 0.878. The number of nitrogens with zero attached hydrogens (tertiary/aromatic N) is 4. The number of rotatable bonds is 2. The molecule has 0 atom stereocenters. The topological polar surface area (TPSA) is 80.5 Å². The molecule has 0 amide bonds. The van der Waals surface area contributed by atoms with Crippen LogP contribution in [0.25, 0.3) is 38.6 Å². The summed E-state index contributed by atoms with van der Waals surface area (Å²) in [6.07, 6.45) is 0. The van der Waals surface area contributed by atoms with Gasteiger partial charge in [-0.2, -0.15) is 10.4 Å². The van der Waals surface area contributed by atoms with Gasteiger partial charge in [0, 0.05) is 5.56 Å². The zero-order valence-corrected chi connectivity index (χ0v) is 15.8. The van der Waals surface area contributed by atoms with Crippen LogP contribution < -0.4 is 5.73 Å². The molecule has 0 unspecified atom stereocenters. The Balaban J connectivity index is 1.95. The molecule has 0 saturated carbocycles. The van der Waals surface area contributed by atoms with Gasteiger partial charge in [0.25, 0.3) is 0 Å². The molecule has 0 radical (unpaired) electrons. The molecule has 0 saturated heterocycles. The van der Waals surface area contributed by atoms with Gasteiger partial charge in [-0.25, -0.2) is 9.67 Å². The van der Waals surface area contributed by atoms with Crippen molar-refractivity contribution in [3.8, 4) is 22.9 Å². The molecule has 3 aromatic carbocycles. The molecule has 0 spiro atoms. The van der Waals surface area contributed by atoms with Crippen LogP contribution in [0.4, 0.5) is 5.82 Å². The third-order valence-electron chi connectivity index (χ3n) is 5.19. The number of pyridine rings is 1. The Bertz CT molecular complexity index is 1420. The van der Waals surface area contributed by atoms with Crippen molar-refractivity contribution in [1.82, 2.24) is 14.8 Å². The summed E-state index contributed by atoms with van der Waals surface area (Å²) in [6.45, 7) is 1.94. The number of aryl methyl sites for hydroxylation is 1. The van der Waals surface area contributed by atoms with Crippen molar-refractivity contribution in [2.45, 2.75) is 6.92 Å². The average Bonchev–Trinajstić information content (AvgIpc) is 3.09. The molecular weight excluding hydrogens is 358 g/mol. The van der Waals surface area contributed by atoms with Gasteiger partial charge >= 0.3 is 0 Å². The van der Waals surface area contributed by atoms with E-state index in [0.29, 0.717) is 11.2 Å². The van der Waals surface area contributed by atoms with E-state index >= 15 is 0 Å². The first kappa shape index (κ1) is 17.0. The first-order valence-corrected chi connectivity index (χ1v) is 9.31. The molecular formula is C24H17N5. The fourth-order valence-corrected chi connectivity index (χ4v) is 3.91. The molecule has 0 bridgehead atoms. The molecule has 2 N–H and O–H groups in total. The molecule has 29 heavy (non-hydrogen) atoms. The fourth-order valence-electron chi connectivity index (χ4n) is 3.91. The zero-order valence-electron chi connectivity index (χ0n) is 15.8. The summed E-state index contributed by atoms with van der Waals surface area (Å²) in [7, 11) is 0. The molecule has 2 heterocycles. The van der Waals surface area contributed by atoms with Crippen LogP contribution in [0.3, 0.4) is 0 Å². The number of hydrogen-bond donors (Lipinski definition) is 1. The molecule has 5 rings (SSSR count). The number of nitrogen functional groups attached to an aromatic ring is 1. The van der Waals surface area contributed by atoms with Crippen LogP contribution in [0.1, 0.15) is 11.3 Å². The number of aromatic nitrogens is 3. The zero-order chi connectivity index (χ0) is 20.0. The first-order chi connectivity index (χ1) is 14.2. The van der Waals surface area contributed by atoms with Gasteiger partial charge in [-0.05, 0) is 35.4 Å².